The third kappa shape index (κ3) is 4.89. The molecule has 1 atom stereocenters. The highest BCUT2D eigenvalue weighted by molar-refractivity contribution is 4.74. The maximum atomic E-state index is 9.96. The number of aliphatic hydroxyl groups is 1. The largest absolute Gasteiger partial charge is 0.390 e. The van der Waals surface area contributed by atoms with Gasteiger partial charge in [0.15, 0.2) is 0 Å². The number of hydrogen-bond donors (Lipinski definition) is 2. The fourth-order valence-corrected chi connectivity index (χ4v) is 2.35. The molecule has 2 aliphatic rings. The highest BCUT2D eigenvalue weighted by Gasteiger charge is 2.17. The molecule has 17 heavy (non-hydrogen) atoms. The van der Waals surface area contributed by atoms with Crippen LogP contribution in [0.2, 0.25) is 0 Å². The Hall–Kier alpha value is -0.200. The summed E-state index contributed by atoms with van der Waals surface area (Å²) in [5.74, 6) is 0. The van der Waals surface area contributed by atoms with Gasteiger partial charge in [0.05, 0.1) is 19.3 Å². The lowest BCUT2D eigenvalue weighted by molar-refractivity contribution is 0.0129. The van der Waals surface area contributed by atoms with Crippen LogP contribution in [-0.2, 0) is 9.47 Å². The number of nitrogens with zero attached hydrogens (tertiary/aromatic N) is 1. The van der Waals surface area contributed by atoms with Gasteiger partial charge in [-0.3, -0.25) is 4.90 Å². The van der Waals surface area contributed by atoms with E-state index in [9.17, 15) is 5.11 Å². The molecule has 2 fully saturated rings. The van der Waals surface area contributed by atoms with Crippen molar-refractivity contribution >= 4 is 0 Å². The average Bonchev–Trinajstić information content (AvgIpc) is 2.39. The van der Waals surface area contributed by atoms with Crippen molar-refractivity contribution < 1.29 is 14.6 Å². The molecule has 0 aromatic carbocycles. The highest BCUT2D eigenvalue weighted by Crippen LogP contribution is 2.06. The zero-order valence-corrected chi connectivity index (χ0v) is 10.4. The molecule has 0 saturated carbocycles. The van der Waals surface area contributed by atoms with Crippen molar-refractivity contribution in [2.45, 2.75) is 25.0 Å². The van der Waals surface area contributed by atoms with Crippen molar-refractivity contribution in [3.8, 4) is 0 Å². The van der Waals surface area contributed by atoms with E-state index >= 15 is 0 Å². The number of rotatable bonds is 5. The van der Waals surface area contributed by atoms with Crippen LogP contribution in [0.4, 0.5) is 0 Å². The summed E-state index contributed by atoms with van der Waals surface area (Å²) in [4.78, 5) is 2.26. The molecule has 0 amide bonds. The molecule has 0 aromatic heterocycles. The molecule has 2 N–H and O–H groups in total. The van der Waals surface area contributed by atoms with E-state index in [4.69, 9.17) is 9.47 Å². The molecule has 0 bridgehead atoms. The molecule has 5 nitrogen and oxygen atoms in total. The normalized spacial score (nSPS) is 25.9. The van der Waals surface area contributed by atoms with Gasteiger partial charge >= 0.3 is 0 Å². The summed E-state index contributed by atoms with van der Waals surface area (Å²) in [6.07, 6.45) is 1.84. The summed E-state index contributed by atoms with van der Waals surface area (Å²) >= 11 is 0. The molecular weight excluding hydrogens is 220 g/mol. The van der Waals surface area contributed by atoms with Crippen LogP contribution in [0.3, 0.4) is 0 Å². The van der Waals surface area contributed by atoms with E-state index in [1.54, 1.807) is 0 Å². The zero-order valence-electron chi connectivity index (χ0n) is 10.4. The number of nitrogens with one attached hydrogen (secondary N) is 1. The molecule has 0 aliphatic carbocycles. The van der Waals surface area contributed by atoms with Crippen LogP contribution < -0.4 is 5.32 Å². The number of β-amino-alcohol motifs (C(OH)–C–C–N with tert-alkyl or cyclic N) is 1. The Bertz CT molecular complexity index is 204. The van der Waals surface area contributed by atoms with E-state index in [1.165, 1.54) is 0 Å². The third-order valence-electron chi connectivity index (χ3n) is 3.44. The molecule has 2 aliphatic heterocycles. The van der Waals surface area contributed by atoms with E-state index < -0.39 is 0 Å². The van der Waals surface area contributed by atoms with Crippen molar-refractivity contribution in [2.75, 3.05) is 52.6 Å². The molecule has 0 aromatic rings. The van der Waals surface area contributed by atoms with Gasteiger partial charge in [0, 0.05) is 45.4 Å². The second kappa shape index (κ2) is 7.28. The van der Waals surface area contributed by atoms with Crippen molar-refractivity contribution in [1.82, 2.24) is 10.2 Å². The first-order chi connectivity index (χ1) is 8.34. The van der Waals surface area contributed by atoms with Crippen LogP contribution in [-0.4, -0.2) is 74.8 Å². The Balaban J connectivity index is 1.57. The summed E-state index contributed by atoms with van der Waals surface area (Å²) in [5.41, 5.74) is 0. The summed E-state index contributed by atoms with van der Waals surface area (Å²) in [7, 11) is 0. The Kier molecular flexibility index (Phi) is 5.67. The number of ether oxygens (including phenoxy) is 2. The van der Waals surface area contributed by atoms with E-state index in [0.29, 0.717) is 12.6 Å². The van der Waals surface area contributed by atoms with Crippen LogP contribution in [0, 0.1) is 0 Å². The molecule has 5 heteroatoms. The first-order valence-electron chi connectivity index (χ1n) is 6.64. The summed E-state index contributed by atoms with van der Waals surface area (Å²) in [6, 6.07) is 0.517. The first-order valence-corrected chi connectivity index (χ1v) is 6.64. The second-order valence-corrected chi connectivity index (χ2v) is 4.86. The molecule has 2 heterocycles. The van der Waals surface area contributed by atoms with Crippen LogP contribution in [0.1, 0.15) is 12.8 Å². The quantitative estimate of drug-likeness (QED) is 0.679. The smallest absolute Gasteiger partial charge is 0.0791 e. The van der Waals surface area contributed by atoms with Crippen molar-refractivity contribution in [1.29, 1.82) is 0 Å². The molecule has 2 saturated heterocycles. The van der Waals surface area contributed by atoms with Gasteiger partial charge in [0.1, 0.15) is 0 Å². The van der Waals surface area contributed by atoms with Gasteiger partial charge in [-0.1, -0.05) is 0 Å². The van der Waals surface area contributed by atoms with Crippen LogP contribution in [0.15, 0.2) is 0 Å². The molecule has 0 radical (unpaired) electrons. The lowest BCUT2D eigenvalue weighted by Crippen LogP contribution is -2.46. The van der Waals surface area contributed by atoms with Gasteiger partial charge < -0.3 is 19.9 Å². The Morgan fingerprint density at radius 2 is 1.76 bits per heavy atom. The van der Waals surface area contributed by atoms with Gasteiger partial charge in [0.2, 0.25) is 0 Å². The minimum atomic E-state index is -0.282. The maximum Gasteiger partial charge on any atom is 0.0791 e. The van der Waals surface area contributed by atoms with Crippen LogP contribution >= 0.6 is 0 Å². The number of aliphatic hydroxyl groups excluding tert-OH is 1. The molecule has 0 spiro atoms. The van der Waals surface area contributed by atoms with Gasteiger partial charge in [-0.2, -0.15) is 0 Å². The predicted octanol–water partition coefficient (Wildman–Crippen LogP) is -0.552. The van der Waals surface area contributed by atoms with Crippen molar-refractivity contribution in [3.05, 3.63) is 0 Å². The molecule has 2 rings (SSSR count). The third-order valence-corrected chi connectivity index (χ3v) is 3.44. The molecule has 1 unspecified atom stereocenters. The van der Waals surface area contributed by atoms with Crippen LogP contribution in [0.25, 0.3) is 0 Å². The summed E-state index contributed by atoms with van der Waals surface area (Å²) in [5, 5.41) is 13.4. The lowest BCUT2D eigenvalue weighted by atomic mass is 10.1. The highest BCUT2D eigenvalue weighted by atomic mass is 16.5. The monoisotopic (exact) mass is 244 g/mol. The molecular formula is C12H24N2O3. The standard InChI is InChI=1S/C12H24N2O3/c15-12(10-14-3-7-17-8-4-14)9-13-11-1-5-16-6-2-11/h11-13,15H,1-10H2. The molecule has 100 valence electrons. The number of hydrogen-bond acceptors (Lipinski definition) is 5. The van der Waals surface area contributed by atoms with Gasteiger partial charge in [-0.15, -0.1) is 0 Å². The average molecular weight is 244 g/mol. The Morgan fingerprint density at radius 3 is 2.47 bits per heavy atom. The summed E-state index contributed by atoms with van der Waals surface area (Å²) in [6.45, 7) is 6.58. The topological polar surface area (TPSA) is 54.0 Å². The predicted molar refractivity (Wildman–Crippen MR) is 65.1 cm³/mol. The van der Waals surface area contributed by atoms with Gasteiger partial charge in [-0.05, 0) is 12.8 Å². The summed E-state index contributed by atoms with van der Waals surface area (Å²) < 4.78 is 10.6. The van der Waals surface area contributed by atoms with Gasteiger partial charge in [0.25, 0.3) is 0 Å². The van der Waals surface area contributed by atoms with E-state index in [0.717, 1.165) is 58.9 Å². The van der Waals surface area contributed by atoms with E-state index in [-0.39, 0.29) is 6.10 Å². The fourth-order valence-electron chi connectivity index (χ4n) is 2.35. The minimum Gasteiger partial charge on any atom is -0.390 e. The van der Waals surface area contributed by atoms with Crippen molar-refractivity contribution in [3.63, 3.8) is 0 Å². The SMILES string of the molecule is OC(CNC1CCOCC1)CN1CCOCC1. The lowest BCUT2D eigenvalue weighted by Gasteiger charge is -2.30. The maximum absolute atomic E-state index is 9.96. The number of morpholine rings is 1. The zero-order chi connectivity index (χ0) is 11.9. The van der Waals surface area contributed by atoms with Gasteiger partial charge in [-0.25, -0.2) is 0 Å². The Morgan fingerprint density at radius 1 is 1.12 bits per heavy atom. The van der Waals surface area contributed by atoms with Crippen molar-refractivity contribution in [2.24, 2.45) is 0 Å². The van der Waals surface area contributed by atoms with E-state index in [2.05, 4.69) is 10.2 Å². The second-order valence-electron chi connectivity index (χ2n) is 4.86. The van der Waals surface area contributed by atoms with Crippen LogP contribution in [0.5, 0.6) is 0 Å². The minimum absolute atomic E-state index is 0.282. The Labute approximate surface area is 103 Å². The van der Waals surface area contributed by atoms with E-state index in [1.807, 2.05) is 0 Å². The fraction of sp³-hybridized carbons (Fsp3) is 1.00. The first kappa shape index (κ1) is 13.2.